The third kappa shape index (κ3) is 4.46. The minimum Gasteiger partial charge on any atom is -0.486 e. The molecule has 0 saturated heterocycles. The van der Waals surface area contributed by atoms with Gasteiger partial charge in [0.1, 0.15) is 13.2 Å². The Morgan fingerprint density at radius 3 is 2.24 bits per heavy atom. The van der Waals surface area contributed by atoms with E-state index in [0.29, 0.717) is 36.0 Å². The van der Waals surface area contributed by atoms with Crippen LogP contribution in [0.15, 0.2) is 42.5 Å². The van der Waals surface area contributed by atoms with Crippen LogP contribution in [0, 0.1) is 0 Å². The molecule has 2 aromatic rings. The number of carbonyl (C=O) groups is 1. The zero-order valence-electron chi connectivity index (χ0n) is 16.9. The SMILES string of the molecule is CC(NC(=O)c1ccc(N(C)S(=O)(=O)N(C)C)cc1)c1ccc2c(c1)OCCO2. The van der Waals surface area contributed by atoms with Crippen LogP contribution in [0.1, 0.15) is 28.9 Å². The van der Waals surface area contributed by atoms with E-state index < -0.39 is 10.2 Å². The van der Waals surface area contributed by atoms with Crippen molar-refractivity contribution in [2.45, 2.75) is 13.0 Å². The van der Waals surface area contributed by atoms with Gasteiger partial charge in [-0.2, -0.15) is 12.7 Å². The number of hydrogen-bond acceptors (Lipinski definition) is 5. The van der Waals surface area contributed by atoms with Crippen LogP contribution in [0.3, 0.4) is 0 Å². The maximum absolute atomic E-state index is 12.6. The first-order valence-electron chi connectivity index (χ1n) is 9.17. The number of fused-ring (bicyclic) bond motifs is 1. The molecule has 0 spiro atoms. The summed E-state index contributed by atoms with van der Waals surface area (Å²) in [5.74, 6) is 1.12. The summed E-state index contributed by atoms with van der Waals surface area (Å²) < 4.78 is 37.8. The summed E-state index contributed by atoms with van der Waals surface area (Å²) in [5, 5.41) is 2.94. The molecular formula is C20H25N3O5S. The van der Waals surface area contributed by atoms with Crippen LogP contribution in [0.5, 0.6) is 11.5 Å². The lowest BCUT2D eigenvalue weighted by Gasteiger charge is -2.23. The zero-order valence-corrected chi connectivity index (χ0v) is 17.7. The van der Waals surface area contributed by atoms with Crippen LogP contribution in [0.4, 0.5) is 5.69 Å². The minimum atomic E-state index is -3.58. The Balaban J connectivity index is 1.69. The molecule has 0 radical (unpaired) electrons. The predicted molar refractivity (Wildman–Crippen MR) is 111 cm³/mol. The fraction of sp³-hybridized carbons (Fsp3) is 0.350. The van der Waals surface area contributed by atoms with Crippen molar-refractivity contribution >= 4 is 21.8 Å². The van der Waals surface area contributed by atoms with E-state index in [9.17, 15) is 13.2 Å². The van der Waals surface area contributed by atoms with Gasteiger partial charge in [-0.15, -0.1) is 0 Å². The topological polar surface area (TPSA) is 88.2 Å². The minimum absolute atomic E-state index is 0.241. The highest BCUT2D eigenvalue weighted by Crippen LogP contribution is 2.32. The number of nitrogens with one attached hydrogen (secondary N) is 1. The Morgan fingerprint density at radius 1 is 1.00 bits per heavy atom. The van der Waals surface area contributed by atoms with Gasteiger partial charge in [0, 0.05) is 26.7 Å². The van der Waals surface area contributed by atoms with Crippen LogP contribution >= 0.6 is 0 Å². The quantitative estimate of drug-likeness (QED) is 0.776. The van der Waals surface area contributed by atoms with Gasteiger partial charge in [0.15, 0.2) is 11.5 Å². The lowest BCUT2D eigenvalue weighted by atomic mass is 10.1. The molecule has 29 heavy (non-hydrogen) atoms. The van der Waals surface area contributed by atoms with Crippen molar-refractivity contribution in [3.05, 3.63) is 53.6 Å². The fourth-order valence-corrected chi connectivity index (χ4v) is 3.77. The van der Waals surface area contributed by atoms with Gasteiger partial charge in [0.2, 0.25) is 0 Å². The highest BCUT2D eigenvalue weighted by Gasteiger charge is 2.21. The average molecular weight is 420 g/mol. The van der Waals surface area contributed by atoms with E-state index in [2.05, 4.69) is 5.32 Å². The molecule has 0 aliphatic carbocycles. The van der Waals surface area contributed by atoms with E-state index in [1.807, 2.05) is 25.1 Å². The van der Waals surface area contributed by atoms with E-state index in [0.717, 1.165) is 14.2 Å². The molecule has 1 amide bonds. The van der Waals surface area contributed by atoms with Crippen molar-refractivity contribution in [3.8, 4) is 11.5 Å². The second-order valence-corrected chi connectivity index (χ2v) is 9.08. The zero-order chi connectivity index (χ0) is 21.2. The molecule has 0 fully saturated rings. The van der Waals surface area contributed by atoms with Gasteiger partial charge in [0.25, 0.3) is 5.91 Å². The van der Waals surface area contributed by atoms with Crippen LogP contribution in [-0.2, 0) is 10.2 Å². The molecule has 0 aromatic heterocycles. The van der Waals surface area contributed by atoms with Crippen molar-refractivity contribution in [1.82, 2.24) is 9.62 Å². The predicted octanol–water partition coefficient (Wildman–Crippen LogP) is 2.19. The maximum Gasteiger partial charge on any atom is 0.303 e. The van der Waals surface area contributed by atoms with Crippen molar-refractivity contribution in [3.63, 3.8) is 0 Å². The van der Waals surface area contributed by atoms with Crippen LogP contribution < -0.4 is 19.1 Å². The van der Waals surface area contributed by atoms with Gasteiger partial charge in [0.05, 0.1) is 11.7 Å². The Labute approximate surface area is 171 Å². The second kappa shape index (κ2) is 8.30. The average Bonchev–Trinajstić information content (AvgIpc) is 2.72. The van der Waals surface area contributed by atoms with Gasteiger partial charge in [-0.05, 0) is 48.9 Å². The normalized spacial score (nSPS) is 14.4. The third-order valence-corrected chi connectivity index (χ3v) is 6.54. The summed E-state index contributed by atoms with van der Waals surface area (Å²) >= 11 is 0. The fourth-order valence-electron chi connectivity index (χ4n) is 2.89. The molecule has 1 heterocycles. The molecule has 1 atom stereocenters. The summed E-state index contributed by atoms with van der Waals surface area (Å²) in [6, 6.07) is 11.8. The molecule has 3 rings (SSSR count). The molecule has 0 bridgehead atoms. The van der Waals surface area contributed by atoms with Crippen molar-refractivity contribution in [2.75, 3.05) is 38.7 Å². The van der Waals surface area contributed by atoms with Gasteiger partial charge < -0.3 is 14.8 Å². The van der Waals surface area contributed by atoms with Crippen molar-refractivity contribution in [2.24, 2.45) is 0 Å². The monoisotopic (exact) mass is 419 g/mol. The molecule has 1 aliphatic heterocycles. The number of amides is 1. The standard InChI is InChI=1S/C20H25N3O5S/c1-14(16-7-10-18-19(13-16)28-12-11-27-18)21-20(24)15-5-8-17(9-6-15)23(4)29(25,26)22(2)3/h5-10,13-14H,11-12H2,1-4H3,(H,21,24). The van der Waals surface area contributed by atoms with Crippen molar-refractivity contribution in [1.29, 1.82) is 0 Å². The summed E-state index contributed by atoms with van der Waals surface area (Å²) in [6.07, 6.45) is 0. The lowest BCUT2D eigenvalue weighted by molar-refractivity contribution is 0.0939. The highest BCUT2D eigenvalue weighted by molar-refractivity contribution is 7.90. The Hall–Kier alpha value is -2.78. The number of benzene rings is 2. The van der Waals surface area contributed by atoms with E-state index in [4.69, 9.17) is 9.47 Å². The molecule has 1 unspecified atom stereocenters. The Bertz CT molecular complexity index is 990. The first kappa shape index (κ1) is 20.9. The smallest absolute Gasteiger partial charge is 0.303 e. The second-order valence-electron chi connectivity index (χ2n) is 6.90. The molecule has 2 aromatic carbocycles. The summed E-state index contributed by atoms with van der Waals surface area (Å²) in [7, 11) is 0.815. The highest BCUT2D eigenvalue weighted by atomic mass is 32.2. The van der Waals surface area contributed by atoms with E-state index in [1.165, 1.54) is 21.1 Å². The lowest BCUT2D eigenvalue weighted by Crippen LogP contribution is -2.37. The number of hydrogen-bond donors (Lipinski definition) is 1. The summed E-state index contributed by atoms with van der Waals surface area (Å²) in [4.78, 5) is 12.6. The maximum atomic E-state index is 12.6. The molecule has 1 N–H and O–H groups in total. The van der Waals surface area contributed by atoms with E-state index in [1.54, 1.807) is 24.3 Å². The van der Waals surface area contributed by atoms with Gasteiger partial charge in [-0.1, -0.05) is 6.07 Å². The van der Waals surface area contributed by atoms with Gasteiger partial charge in [-0.25, -0.2) is 0 Å². The number of ether oxygens (including phenoxy) is 2. The molecule has 1 aliphatic rings. The first-order valence-corrected chi connectivity index (χ1v) is 10.6. The number of rotatable bonds is 6. The number of anilines is 1. The van der Waals surface area contributed by atoms with Crippen LogP contribution in [-0.4, -0.2) is 53.0 Å². The Kier molecular flexibility index (Phi) is 5.99. The Morgan fingerprint density at radius 2 is 1.62 bits per heavy atom. The molecule has 156 valence electrons. The summed E-state index contributed by atoms with van der Waals surface area (Å²) in [5.41, 5.74) is 1.81. The molecular weight excluding hydrogens is 394 g/mol. The number of nitrogens with zero attached hydrogens (tertiary/aromatic N) is 2. The first-order chi connectivity index (χ1) is 13.7. The largest absolute Gasteiger partial charge is 0.486 e. The van der Waals surface area contributed by atoms with Gasteiger partial charge in [-0.3, -0.25) is 9.10 Å². The van der Waals surface area contributed by atoms with E-state index >= 15 is 0 Å². The molecule has 8 nitrogen and oxygen atoms in total. The molecule has 9 heteroatoms. The number of carbonyl (C=O) groups excluding carboxylic acids is 1. The van der Waals surface area contributed by atoms with Crippen LogP contribution in [0.25, 0.3) is 0 Å². The molecule has 0 saturated carbocycles. The van der Waals surface area contributed by atoms with Gasteiger partial charge >= 0.3 is 10.2 Å². The van der Waals surface area contributed by atoms with Crippen LogP contribution in [0.2, 0.25) is 0 Å². The van der Waals surface area contributed by atoms with Crippen molar-refractivity contribution < 1.29 is 22.7 Å². The summed E-state index contributed by atoms with van der Waals surface area (Å²) in [6.45, 7) is 2.91. The third-order valence-electron chi connectivity index (χ3n) is 4.71. The van der Waals surface area contributed by atoms with E-state index in [-0.39, 0.29) is 11.9 Å².